The molecule has 0 bridgehead atoms. The van der Waals surface area contributed by atoms with Crippen molar-refractivity contribution in [1.29, 1.82) is 5.26 Å². The summed E-state index contributed by atoms with van der Waals surface area (Å²) in [4.78, 5) is 5.79. The molecule has 19 heavy (non-hydrogen) atoms. The Morgan fingerprint density at radius 3 is 3.16 bits per heavy atom. The highest BCUT2D eigenvalue weighted by molar-refractivity contribution is 7.09. The zero-order chi connectivity index (χ0) is 13.1. The summed E-state index contributed by atoms with van der Waals surface area (Å²) in [7, 11) is 0. The van der Waals surface area contributed by atoms with Crippen LogP contribution in [0.2, 0.25) is 0 Å². The number of nitrogens with zero attached hydrogens (tertiary/aromatic N) is 2. The van der Waals surface area contributed by atoms with Crippen molar-refractivity contribution in [3.63, 3.8) is 0 Å². The highest BCUT2D eigenvalue weighted by atomic mass is 32.1. The molecule has 2 aromatic heterocycles. The minimum atomic E-state index is 0.500. The molecule has 3 rings (SSSR count). The highest BCUT2D eigenvalue weighted by Gasteiger charge is 2.17. The minimum Gasteiger partial charge on any atom is -0.476 e. The first kappa shape index (κ1) is 12.2. The Morgan fingerprint density at radius 1 is 1.42 bits per heavy atom. The van der Waals surface area contributed by atoms with E-state index >= 15 is 0 Å². The Morgan fingerprint density at radius 2 is 2.37 bits per heavy atom. The number of hydrogen-bond acceptors (Lipinski definition) is 4. The van der Waals surface area contributed by atoms with Crippen molar-refractivity contribution in [2.45, 2.75) is 25.7 Å². The minimum absolute atomic E-state index is 0.500. The van der Waals surface area contributed by atoms with Gasteiger partial charge in [-0.1, -0.05) is 6.07 Å². The van der Waals surface area contributed by atoms with Gasteiger partial charge in [0.2, 0.25) is 5.88 Å². The van der Waals surface area contributed by atoms with Crippen molar-refractivity contribution in [3.8, 4) is 11.9 Å². The molecule has 0 unspecified atom stereocenters. The smallest absolute Gasteiger partial charge is 0.231 e. The molecule has 2 heterocycles. The van der Waals surface area contributed by atoms with E-state index in [9.17, 15) is 0 Å². The largest absolute Gasteiger partial charge is 0.476 e. The summed E-state index contributed by atoms with van der Waals surface area (Å²) in [6.07, 6.45) is 4.03. The van der Waals surface area contributed by atoms with E-state index in [2.05, 4.69) is 22.5 Å². The molecule has 0 saturated heterocycles. The lowest BCUT2D eigenvalue weighted by atomic mass is 10.1. The predicted molar refractivity (Wildman–Crippen MR) is 74.5 cm³/mol. The van der Waals surface area contributed by atoms with Gasteiger partial charge in [0.05, 0.1) is 6.61 Å². The van der Waals surface area contributed by atoms with E-state index < -0.39 is 0 Å². The molecule has 3 nitrogen and oxygen atoms in total. The first-order chi connectivity index (χ1) is 9.36. The third-order valence-electron chi connectivity index (χ3n) is 3.30. The van der Waals surface area contributed by atoms with Gasteiger partial charge in [-0.15, -0.1) is 11.3 Å². The van der Waals surface area contributed by atoms with Gasteiger partial charge in [0.25, 0.3) is 0 Å². The van der Waals surface area contributed by atoms with Crippen LogP contribution in [0.25, 0.3) is 0 Å². The normalized spacial score (nSPS) is 13.0. The first-order valence-electron chi connectivity index (χ1n) is 6.45. The number of rotatable bonds is 4. The molecule has 0 N–H and O–H groups in total. The average Bonchev–Trinajstić information content (AvgIpc) is 3.08. The van der Waals surface area contributed by atoms with Gasteiger partial charge in [-0.05, 0) is 42.3 Å². The molecule has 0 radical (unpaired) electrons. The third kappa shape index (κ3) is 2.61. The zero-order valence-corrected chi connectivity index (χ0v) is 11.4. The fraction of sp³-hybridized carbons (Fsp3) is 0.333. The van der Waals surface area contributed by atoms with Crippen LogP contribution in [0.15, 0.2) is 23.6 Å². The maximum Gasteiger partial charge on any atom is 0.231 e. The van der Waals surface area contributed by atoms with Gasteiger partial charge >= 0.3 is 0 Å². The van der Waals surface area contributed by atoms with Gasteiger partial charge in [-0.2, -0.15) is 5.26 Å². The molecule has 0 saturated carbocycles. The highest BCUT2D eigenvalue weighted by Crippen LogP contribution is 2.26. The lowest BCUT2D eigenvalue weighted by molar-refractivity contribution is 0.308. The summed E-state index contributed by atoms with van der Waals surface area (Å²) < 4.78 is 5.70. The van der Waals surface area contributed by atoms with Crippen molar-refractivity contribution in [2.24, 2.45) is 0 Å². The van der Waals surface area contributed by atoms with Crippen molar-refractivity contribution in [3.05, 3.63) is 45.3 Å². The second-order valence-corrected chi connectivity index (χ2v) is 5.62. The summed E-state index contributed by atoms with van der Waals surface area (Å²) >= 11 is 1.72. The number of fused-ring (bicyclic) bond motifs is 1. The molecule has 1 aliphatic rings. The maximum atomic E-state index is 9.17. The quantitative estimate of drug-likeness (QED) is 0.857. The molecule has 0 fully saturated rings. The standard InChI is InChI=1S/C15H14N2OS/c16-10-12-9-11-3-1-5-14(11)17-15(12)18-7-6-13-4-2-8-19-13/h2,4,8-9H,1,3,5-7H2. The van der Waals surface area contributed by atoms with Crippen LogP contribution >= 0.6 is 11.3 Å². The van der Waals surface area contributed by atoms with E-state index in [0.717, 1.165) is 31.4 Å². The molecule has 0 aliphatic heterocycles. The number of hydrogen-bond donors (Lipinski definition) is 0. The van der Waals surface area contributed by atoms with Crippen LogP contribution in [0.3, 0.4) is 0 Å². The topological polar surface area (TPSA) is 45.9 Å². The first-order valence-corrected chi connectivity index (χ1v) is 7.33. The van der Waals surface area contributed by atoms with E-state index in [1.807, 2.05) is 12.1 Å². The Hall–Kier alpha value is -1.86. The number of thiophene rings is 1. The van der Waals surface area contributed by atoms with Gasteiger partial charge in [-0.3, -0.25) is 0 Å². The predicted octanol–water partition coefficient (Wildman–Crippen LogP) is 3.12. The lowest BCUT2D eigenvalue weighted by Crippen LogP contribution is -2.05. The summed E-state index contributed by atoms with van der Waals surface area (Å²) in [6, 6.07) is 8.25. The van der Waals surface area contributed by atoms with Crippen LogP contribution < -0.4 is 4.74 Å². The summed E-state index contributed by atoms with van der Waals surface area (Å²) in [5.74, 6) is 0.500. The van der Waals surface area contributed by atoms with Gasteiger partial charge in [-0.25, -0.2) is 4.98 Å². The molecule has 0 atom stereocenters. The fourth-order valence-electron chi connectivity index (χ4n) is 2.35. The Kier molecular flexibility index (Phi) is 3.47. The van der Waals surface area contributed by atoms with Crippen molar-refractivity contribution < 1.29 is 4.74 Å². The van der Waals surface area contributed by atoms with E-state index in [4.69, 9.17) is 10.00 Å². The van der Waals surface area contributed by atoms with Gasteiger partial charge in [0.1, 0.15) is 11.6 Å². The van der Waals surface area contributed by atoms with Gasteiger partial charge < -0.3 is 4.74 Å². The molecule has 2 aromatic rings. The second kappa shape index (κ2) is 5.41. The number of nitriles is 1. The number of aromatic nitrogens is 1. The Bertz CT molecular complexity index is 614. The van der Waals surface area contributed by atoms with Gasteiger partial charge in [0.15, 0.2) is 0 Å². The molecule has 0 aromatic carbocycles. The molecule has 1 aliphatic carbocycles. The van der Waals surface area contributed by atoms with Crippen LogP contribution in [0.4, 0.5) is 0 Å². The van der Waals surface area contributed by atoms with Crippen molar-refractivity contribution >= 4 is 11.3 Å². The Balaban J connectivity index is 1.72. The number of aryl methyl sites for hydroxylation is 2. The van der Waals surface area contributed by atoms with Crippen molar-refractivity contribution in [2.75, 3.05) is 6.61 Å². The SMILES string of the molecule is N#Cc1cc2c(nc1OCCc1cccs1)CCC2. The summed E-state index contributed by atoms with van der Waals surface area (Å²) in [6.45, 7) is 0.570. The molecule has 0 amide bonds. The maximum absolute atomic E-state index is 9.17. The zero-order valence-electron chi connectivity index (χ0n) is 10.6. The van der Waals surface area contributed by atoms with Crippen LogP contribution in [-0.2, 0) is 19.3 Å². The Labute approximate surface area is 116 Å². The number of ether oxygens (including phenoxy) is 1. The average molecular weight is 270 g/mol. The molecule has 0 spiro atoms. The number of pyridine rings is 1. The third-order valence-corrected chi connectivity index (χ3v) is 4.24. The monoisotopic (exact) mass is 270 g/mol. The lowest BCUT2D eigenvalue weighted by Gasteiger charge is -2.08. The van der Waals surface area contributed by atoms with Crippen LogP contribution in [0.1, 0.15) is 28.1 Å². The van der Waals surface area contributed by atoms with Crippen LogP contribution in [-0.4, -0.2) is 11.6 Å². The van der Waals surface area contributed by atoms with E-state index in [0.29, 0.717) is 18.1 Å². The summed E-state index contributed by atoms with van der Waals surface area (Å²) in [5, 5.41) is 11.2. The van der Waals surface area contributed by atoms with Gasteiger partial charge in [0, 0.05) is 17.0 Å². The fourth-order valence-corrected chi connectivity index (χ4v) is 3.04. The van der Waals surface area contributed by atoms with Crippen LogP contribution in [0, 0.1) is 11.3 Å². The van der Waals surface area contributed by atoms with E-state index in [1.165, 1.54) is 10.4 Å². The summed E-state index contributed by atoms with van der Waals surface area (Å²) in [5.41, 5.74) is 2.87. The molecular formula is C15H14N2OS. The van der Waals surface area contributed by atoms with E-state index in [1.54, 1.807) is 11.3 Å². The van der Waals surface area contributed by atoms with E-state index in [-0.39, 0.29) is 0 Å². The molecule has 4 heteroatoms. The van der Waals surface area contributed by atoms with Crippen molar-refractivity contribution in [1.82, 2.24) is 4.98 Å². The van der Waals surface area contributed by atoms with Crippen LogP contribution in [0.5, 0.6) is 5.88 Å². The molecule has 96 valence electrons. The second-order valence-electron chi connectivity index (χ2n) is 4.59. The molecular weight excluding hydrogens is 256 g/mol.